The van der Waals surface area contributed by atoms with E-state index in [0.717, 1.165) is 78.3 Å². The Hall–Kier alpha value is -3.62. The van der Waals surface area contributed by atoms with Crippen LogP contribution in [-0.2, 0) is 10.2 Å². The van der Waals surface area contributed by atoms with Crippen LogP contribution in [-0.4, -0.2) is 42.9 Å². The van der Waals surface area contributed by atoms with Gasteiger partial charge in [0.25, 0.3) is 0 Å². The first-order valence-corrected chi connectivity index (χ1v) is 15.5. The zero-order valence-corrected chi connectivity index (χ0v) is 24.0. The van der Waals surface area contributed by atoms with E-state index in [2.05, 4.69) is 33.4 Å². The lowest BCUT2D eigenvalue weighted by atomic mass is 9.41. The SMILES string of the molecule is Cc1cc(-c2cccc(N(CC34CCC(c5nc(C6CC6)no5)(CC3)CC4)C(=O)C34CC(F)(C3)C4)c2)cn2ncnc12. The Labute approximate surface area is 243 Å². The Balaban J connectivity index is 1.02. The molecule has 7 aliphatic carbocycles. The number of pyridine rings is 1. The number of amides is 1. The number of aryl methyl sites for hydroxylation is 1. The highest BCUT2D eigenvalue weighted by molar-refractivity contribution is 6.00. The molecular weight excluding hydrogens is 531 g/mol. The summed E-state index contributed by atoms with van der Waals surface area (Å²) in [6.45, 7) is 2.71. The van der Waals surface area contributed by atoms with Crippen LogP contribution >= 0.6 is 0 Å². The molecule has 0 unspecified atom stereocenters. The van der Waals surface area contributed by atoms with Gasteiger partial charge in [-0.15, -0.1) is 0 Å². The smallest absolute Gasteiger partial charge is 0.233 e. The van der Waals surface area contributed by atoms with Gasteiger partial charge in [-0.1, -0.05) is 17.3 Å². The molecule has 9 heteroatoms. The van der Waals surface area contributed by atoms with Gasteiger partial charge in [0.05, 0.1) is 5.41 Å². The second kappa shape index (κ2) is 8.26. The van der Waals surface area contributed by atoms with Gasteiger partial charge in [-0.2, -0.15) is 10.1 Å². The van der Waals surface area contributed by atoms with Crippen LogP contribution in [0.5, 0.6) is 0 Å². The number of benzene rings is 1. The standard InChI is InChI=1S/C33H35FN6O2/c1-21-13-24(15-40-27(21)35-20-36-40)23-3-2-4-25(14-23)39(29(41)32-16-33(34,17-32)18-32)19-30-7-10-31(11-8-30,12-9-30)28-37-26(38-42-28)22-5-6-22/h2-4,13-15,20,22H,5-12,16-19H2,1H3. The van der Waals surface area contributed by atoms with E-state index >= 15 is 0 Å². The molecule has 1 amide bonds. The van der Waals surface area contributed by atoms with Crippen LogP contribution in [0.15, 0.2) is 47.4 Å². The zero-order chi connectivity index (χ0) is 28.3. The second-order valence-corrected chi connectivity index (χ2v) is 14.4. The van der Waals surface area contributed by atoms with Crippen LogP contribution in [0.4, 0.5) is 10.1 Å². The molecular formula is C33H35FN6O2. The maximum atomic E-state index is 14.6. The number of hydrogen-bond donors (Lipinski definition) is 0. The molecule has 1 aromatic carbocycles. The minimum Gasteiger partial charge on any atom is -0.339 e. The molecule has 0 N–H and O–H groups in total. The molecule has 0 spiro atoms. The Bertz CT molecular complexity index is 1710. The van der Waals surface area contributed by atoms with Crippen LogP contribution < -0.4 is 4.90 Å². The molecule has 7 fully saturated rings. The summed E-state index contributed by atoms with van der Waals surface area (Å²) in [7, 11) is 0. The number of halogens is 1. The van der Waals surface area contributed by atoms with E-state index in [9.17, 15) is 9.18 Å². The highest BCUT2D eigenvalue weighted by Gasteiger charge is 2.73. The van der Waals surface area contributed by atoms with Crippen molar-refractivity contribution in [3.63, 3.8) is 0 Å². The van der Waals surface area contributed by atoms with Crippen LogP contribution in [0.1, 0.15) is 93.8 Å². The Morgan fingerprint density at radius 1 is 1.07 bits per heavy atom. The van der Waals surface area contributed by atoms with Gasteiger partial charge in [0.1, 0.15) is 12.0 Å². The first-order valence-electron chi connectivity index (χ1n) is 15.5. The number of anilines is 1. The number of rotatable bonds is 7. The molecule has 0 atom stereocenters. The van der Waals surface area contributed by atoms with Gasteiger partial charge < -0.3 is 9.42 Å². The van der Waals surface area contributed by atoms with Crippen LogP contribution in [0.2, 0.25) is 0 Å². The highest BCUT2D eigenvalue weighted by atomic mass is 19.1. The van der Waals surface area contributed by atoms with Crippen LogP contribution in [0.3, 0.4) is 0 Å². The van der Waals surface area contributed by atoms with E-state index < -0.39 is 11.1 Å². The van der Waals surface area contributed by atoms with Crippen molar-refractivity contribution in [2.75, 3.05) is 11.4 Å². The monoisotopic (exact) mass is 566 g/mol. The van der Waals surface area contributed by atoms with Crippen molar-refractivity contribution in [1.82, 2.24) is 24.7 Å². The first kappa shape index (κ1) is 24.9. The summed E-state index contributed by atoms with van der Waals surface area (Å²) in [5.74, 6) is 2.31. The largest absolute Gasteiger partial charge is 0.339 e. The fourth-order valence-electron chi connectivity index (χ4n) is 8.68. The third kappa shape index (κ3) is 3.61. The normalized spacial score (nSPS) is 32.9. The van der Waals surface area contributed by atoms with E-state index in [1.165, 1.54) is 12.8 Å². The minimum atomic E-state index is -1.12. The number of hydrogen-bond acceptors (Lipinski definition) is 6. The average molecular weight is 567 g/mol. The maximum absolute atomic E-state index is 14.6. The summed E-state index contributed by atoms with van der Waals surface area (Å²) in [5, 5.41) is 8.67. The number of aromatic nitrogens is 5. The fraction of sp³-hybridized carbons (Fsp3) is 0.545. The van der Waals surface area contributed by atoms with Crippen molar-refractivity contribution >= 4 is 17.2 Å². The lowest BCUT2D eigenvalue weighted by Crippen LogP contribution is -2.71. The van der Waals surface area contributed by atoms with Crippen LogP contribution in [0.25, 0.3) is 16.8 Å². The quantitative estimate of drug-likeness (QED) is 0.254. The molecule has 0 radical (unpaired) electrons. The van der Waals surface area contributed by atoms with Crippen molar-refractivity contribution in [2.45, 2.75) is 94.6 Å². The van der Waals surface area contributed by atoms with E-state index in [-0.39, 0.29) is 16.7 Å². The number of fused-ring (bicyclic) bond motifs is 4. The molecule has 7 saturated carbocycles. The second-order valence-electron chi connectivity index (χ2n) is 14.4. The summed E-state index contributed by atoms with van der Waals surface area (Å²) in [5.41, 5.74) is 3.19. The van der Waals surface area contributed by atoms with Gasteiger partial charge >= 0.3 is 0 Å². The summed E-state index contributed by atoms with van der Waals surface area (Å²) in [6, 6.07) is 10.4. The molecule has 3 aromatic heterocycles. The van der Waals surface area contributed by atoms with E-state index in [1.807, 2.05) is 30.2 Å². The third-order valence-electron chi connectivity index (χ3n) is 11.4. The average Bonchev–Trinajstić information content (AvgIpc) is 3.49. The van der Waals surface area contributed by atoms with Crippen molar-refractivity contribution in [3.8, 4) is 11.1 Å². The minimum absolute atomic E-state index is 0.0248. The predicted octanol–water partition coefficient (Wildman–Crippen LogP) is 6.48. The summed E-state index contributed by atoms with van der Waals surface area (Å²) >= 11 is 0. The van der Waals surface area contributed by atoms with Gasteiger partial charge in [-0.3, -0.25) is 4.79 Å². The van der Waals surface area contributed by atoms with E-state index in [4.69, 9.17) is 9.51 Å². The van der Waals surface area contributed by atoms with Gasteiger partial charge in [0, 0.05) is 35.3 Å². The lowest BCUT2D eigenvalue weighted by Gasteiger charge is -2.65. The molecule has 8 nitrogen and oxygen atoms in total. The molecule has 216 valence electrons. The number of nitrogens with zero attached hydrogens (tertiary/aromatic N) is 6. The van der Waals surface area contributed by atoms with Crippen molar-refractivity contribution in [2.24, 2.45) is 10.8 Å². The van der Waals surface area contributed by atoms with Crippen LogP contribution in [0, 0.1) is 17.8 Å². The summed E-state index contributed by atoms with van der Waals surface area (Å²) < 4.78 is 22.3. The van der Waals surface area contributed by atoms with E-state index in [1.54, 1.807) is 10.8 Å². The van der Waals surface area contributed by atoms with Gasteiger partial charge in [0.2, 0.25) is 11.8 Å². The molecule has 0 saturated heterocycles. The van der Waals surface area contributed by atoms with Gasteiger partial charge in [-0.25, -0.2) is 13.9 Å². The molecule has 11 rings (SSSR count). The Morgan fingerprint density at radius 2 is 1.83 bits per heavy atom. The first-order chi connectivity index (χ1) is 20.3. The highest BCUT2D eigenvalue weighted by Crippen LogP contribution is 2.70. The number of carbonyl (C=O) groups excluding carboxylic acids is 1. The summed E-state index contributed by atoms with van der Waals surface area (Å²) in [4.78, 5) is 25.5. The number of alkyl halides is 1. The predicted molar refractivity (Wildman–Crippen MR) is 154 cm³/mol. The maximum Gasteiger partial charge on any atom is 0.233 e. The van der Waals surface area contributed by atoms with Gasteiger partial charge in [0.15, 0.2) is 11.5 Å². The van der Waals surface area contributed by atoms with Crippen molar-refractivity contribution in [3.05, 3.63) is 60.1 Å². The van der Waals surface area contributed by atoms with Crippen molar-refractivity contribution < 1.29 is 13.7 Å². The molecule has 4 aromatic rings. The third-order valence-corrected chi connectivity index (χ3v) is 11.4. The van der Waals surface area contributed by atoms with E-state index in [0.29, 0.717) is 31.7 Å². The van der Waals surface area contributed by atoms with Gasteiger partial charge in [-0.05, 0) is 112 Å². The summed E-state index contributed by atoms with van der Waals surface area (Å²) in [6.07, 6.45) is 13.1. The lowest BCUT2D eigenvalue weighted by molar-refractivity contribution is -0.211. The number of carbonyl (C=O) groups is 1. The molecule has 0 aliphatic heterocycles. The zero-order valence-electron chi connectivity index (χ0n) is 24.0. The topological polar surface area (TPSA) is 89.4 Å². The Morgan fingerprint density at radius 3 is 2.55 bits per heavy atom. The Kier molecular flexibility index (Phi) is 4.90. The molecule has 7 aliphatic rings. The molecule has 3 heterocycles. The van der Waals surface area contributed by atoms with Crippen molar-refractivity contribution in [1.29, 1.82) is 0 Å². The fourth-order valence-corrected chi connectivity index (χ4v) is 8.68. The molecule has 42 heavy (non-hydrogen) atoms. The molecule has 4 bridgehead atoms.